The monoisotopic (exact) mass is 409 g/mol. The molecule has 1 unspecified atom stereocenters. The average molecular weight is 410 g/mol. The van der Waals surface area contributed by atoms with Crippen LogP contribution in [0.2, 0.25) is 10.0 Å². The number of hydrogen-bond acceptors (Lipinski definition) is 5. The van der Waals surface area contributed by atoms with E-state index in [4.69, 9.17) is 27.9 Å². The number of ether oxygens (including phenoxy) is 1. The van der Waals surface area contributed by atoms with Gasteiger partial charge in [0, 0.05) is 5.25 Å². The summed E-state index contributed by atoms with van der Waals surface area (Å²) in [5.41, 5.74) is 4.28. The number of carbonyl (C=O) groups is 1. The second-order valence-electron chi connectivity index (χ2n) is 5.64. The lowest BCUT2D eigenvalue weighted by atomic mass is 10.2. The van der Waals surface area contributed by atoms with Gasteiger partial charge in [0.05, 0.1) is 22.3 Å². The predicted octanol–water partition coefficient (Wildman–Crippen LogP) is 5.45. The van der Waals surface area contributed by atoms with Gasteiger partial charge in [0.2, 0.25) is 0 Å². The minimum Gasteiger partial charge on any atom is -0.443 e. The van der Waals surface area contributed by atoms with Crippen molar-refractivity contribution < 1.29 is 9.53 Å². The topological polar surface area (TPSA) is 53.9 Å². The van der Waals surface area contributed by atoms with Crippen LogP contribution in [0.1, 0.15) is 12.5 Å². The Morgan fingerprint density at radius 3 is 2.54 bits per heavy atom. The number of aliphatic imine (C=N–C) groups is 1. The van der Waals surface area contributed by atoms with Crippen molar-refractivity contribution in [2.45, 2.75) is 18.8 Å². The second-order valence-corrected chi connectivity index (χ2v) is 7.86. The van der Waals surface area contributed by atoms with E-state index in [1.54, 1.807) is 18.2 Å². The van der Waals surface area contributed by atoms with Crippen molar-refractivity contribution >= 4 is 51.9 Å². The molecule has 0 saturated heterocycles. The molecular weight excluding hydrogens is 393 g/mol. The zero-order valence-corrected chi connectivity index (χ0v) is 16.3. The summed E-state index contributed by atoms with van der Waals surface area (Å²) in [6, 6.07) is 14.6. The van der Waals surface area contributed by atoms with Crippen molar-refractivity contribution in [3.05, 3.63) is 64.1 Å². The van der Waals surface area contributed by atoms with Gasteiger partial charge in [-0.15, -0.1) is 0 Å². The van der Waals surface area contributed by atoms with Crippen molar-refractivity contribution in [3.8, 4) is 0 Å². The lowest BCUT2D eigenvalue weighted by Gasteiger charge is -2.24. The van der Waals surface area contributed by atoms with E-state index >= 15 is 0 Å². The molecule has 1 heterocycles. The first-order valence-corrected chi connectivity index (χ1v) is 9.60. The van der Waals surface area contributed by atoms with Gasteiger partial charge in [-0.05, 0) is 17.7 Å². The summed E-state index contributed by atoms with van der Waals surface area (Å²) in [5.74, 6) is 0. The number of rotatable bonds is 4. The number of thioether (sulfide) groups is 1. The largest absolute Gasteiger partial charge is 0.443 e. The molecule has 1 N–H and O–H groups in total. The zero-order chi connectivity index (χ0) is 18.5. The normalized spacial score (nSPS) is 16.1. The summed E-state index contributed by atoms with van der Waals surface area (Å²) in [4.78, 5) is 17.1. The number of benzene rings is 2. The molecule has 1 amide bonds. The molecule has 1 atom stereocenters. The maximum Gasteiger partial charge on any atom is 0.435 e. The molecule has 0 aliphatic carbocycles. The van der Waals surface area contributed by atoms with E-state index in [1.165, 1.54) is 16.8 Å². The molecule has 3 rings (SSSR count). The van der Waals surface area contributed by atoms with Crippen LogP contribution in [0.4, 0.5) is 10.5 Å². The van der Waals surface area contributed by atoms with E-state index in [0.717, 1.165) is 5.56 Å². The van der Waals surface area contributed by atoms with Crippen molar-refractivity contribution in [3.63, 3.8) is 0 Å². The number of amidine groups is 1. The highest BCUT2D eigenvalue weighted by molar-refractivity contribution is 8.14. The molecule has 1 aliphatic heterocycles. The van der Waals surface area contributed by atoms with Crippen molar-refractivity contribution in [1.29, 1.82) is 0 Å². The molecule has 2 aromatic rings. The maximum atomic E-state index is 12.7. The van der Waals surface area contributed by atoms with Gasteiger partial charge in [0.15, 0.2) is 5.17 Å². The molecule has 0 bridgehead atoms. The summed E-state index contributed by atoms with van der Waals surface area (Å²) < 4.78 is 5.43. The molecule has 5 nitrogen and oxygen atoms in total. The van der Waals surface area contributed by atoms with Crippen LogP contribution in [0.15, 0.2) is 53.5 Å². The second kappa shape index (κ2) is 8.66. The molecule has 0 spiro atoms. The molecule has 0 fully saturated rings. The fraction of sp³-hybridized carbons (Fsp3) is 0.222. The van der Waals surface area contributed by atoms with E-state index in [-0.39, 0.29) is 11.9 Å². The fourth-order valence-corrected chi connectivity index (χ4v) is 3.62. The third-order valence-electron chi connectivity index (χ3n) is 3.56. The summed E-state index contributed by atoms with van der Waals surface area (Å²) in [6.07, 6.45) is -0.579. The Hall–Kier alpha value is -1.89. The van der Waals surface area contributed by atoms with Gasteiger partial charge in [0.1, 0.15) is 6.61 Å². The van der Waals surface area contributed by atoms with Crippen LogP contribution in [-0.4, -0.2) is 28.1 Å². The number of nitrogens with zero attached hydrogens (tertiary/aromatic N) is 2. The third-order valence-corrected chi connectivity index (χ3v) is 5.26. The Bertz CT molecular complexity index is 797. The van der Waals surface area contributed by atoms with Gasteiger partial charge < -0.3 is 4.74 Å². The number of amides is 1. The lowest BCUT2D eigenvalue weighted by Crippen LogP contribution is -2.40. The molecule has 0 aromatic heterocycles. The lowest BCUT2D eigenvalue weighted by molar-refractivity contribution is 0.122. The van der Waals surface area contributed by atoms with E-state index < -0.39 is 6.09 Å². The number of carbonyl (C=O) groups excluding carboxylic acids is 1. The molecule has 2 aromatic carbocycles. The number of halogens is 2. The number of hydrazine groups is 1. The summed E-state index contributed by atoms with van der Waals surface area (Å²) in [5, 5.41) is 2.85. The quantitative estimate of drug-likeness (QED) is 0.681. The predicted molar refractivity (Wildman–Crippen MR) is 108 cm³/mol. The van der Waals surface area contributed by atoms with Crippen molar-refractivity contribution in [2.24, 2.45) is 4.99 Å². The van der Waals surface area contributed by atoms with Gasteiger partial charge in [-0.1, -0.05) is 78.3 Å². The van der Waals surface area contributed by atoms with Gasteiger partial charge >= 0.3 is 6.09 Å². The van der Waals surface area contributed by atoms with Crippen LogP contribution in [0.25, 0.3) is 0 Å². The number of nitrogens with one attached hydrogen (secondary N) is 1. The van der Waals surface area contributed by atoms with Gasteiger partial charge in [-0.3, -0.25) is 10.4 Å². The van der Waals surface area contributed by atoms with Crippen LogP contribution in [0.3, 0.4) is 0 Å². The van der Waals surface area contributed by atoms with Crippen LogP contribution in [0, 0.1) is 0 Å². The maximum absolute atomic E-state index is 12.7. The van der Waals surface area contributed by atoms with Crippen molar-refractivity contribution in [2.75, 3.05) is 12.0 Å². The smallest absolute Gasteiger partial charge is 0.435 e. The highest BCUT2D eigenvalue weighted by Crippen LogP contribution is 2.32. The minimum absolute atomic E-state index is 0.154. The van der Waals surface area contributed by atoms with E-state index in [1.807, 2.05) is 37.3 Å². The first kappa shape index (κ1) is 18.9. The van der Waals surface area contributed by atoms with E-state index in [0.29, 0.717) is 27.4 Å². The highest BCUT2D eigenvalue weighted by atomic mass is 35.5. The first-order valence-electron chi connectivity index (χ1n) is 7.97. The Kier molecular flexibility index (Phi) is 6.29. The molecule has 0 radical (unpaired) electrons. The summed E-state index contributed by atoms with van der Waals surface area (Å²) in [6.45, 7) is 2.82. The molecule has 136 valence electrons. The molecule has 0 saturated carbocycles. The number of para-hydroxylation sites is 1. The Labute approximate surface area is 166 Å². The molecule has 26 heavy (non-hydrogen) atoms. The first-order chi connectivity index (χ1) is 12.5. The fourth-order valence-electron chi connectivity index (χ4n) is 2.26. The Morgan fingerprint density at radius 1 is 1.23 bits per heavy atom. The van der Waals surface area contributed by atoms with Crippen LogP contribution in [-0.2, 0) is 11.3 Å². The number of anilines is 1. The zero-order valence-electron chi connectivity index (χ0n) is 14.0. The summed E-state index contributed by atoms with van der Waals surface area (Å²) >= 11 is 13.9. The molecular formula is C18H17Cl2N3O2S. The standard InChI is InChI=1S/C18H17Cl2N3O2S/c1-12-10-21-17(26-12)23(22-16-14(19)8-5-9-15(16)20)18(24)25-11-13-6-3-2-4-7-13/h2-9,12,22H,10-11H2,1H3. The van der Waals surface area contributed by atoms with E-state index in [9.17, 15) is 4.79 Å². The summed E-state index contributed by atoms with van der Waals surface area (Å²) in [7, 11) is 0. The number of hydrogen-bond donors (Lipinski definition) is 1. The van der Waals surface area contributed by atoms with E-state index in [2.05, 4.69) is 10.4 Å². The molecule has 8 heteroatoms. The van der Waals surface area contributed by atoms with Crippen LogP contribution in [0.5, 0.6) is 0 Å². The Balaban J connectivity index is 1.78. The van der Waals surface area contributed by atoms with Gasteiger partial charge in [0.25, 0.3) is 0 Å². The highest BCUT2D eigenvalue weighted by Gasteiger charge is 2.28. The minimum atomic E-state index is -0.579. The third kappa shape index (κ3) is 4.63. The van der Waals surface area contributed by atoms with Crippen molar-refractivity contribution in [1.82, 2.24) is 5.01 Å². The Morgan fingerprint density at radius 2 is 1.92 bits per heavy atom. The molecule has 1 aliphatic rings. The van der Waals surface area contributed by atoms with Crippen LogP contribution < -0.4 is 5.43 Å². The van der Waals surface area contributed by atoms with Crippen LogP contribution >= 0.6 is 35.0 Å². The van der Waals surface area contributed by atoms with Gasteiger partial charge in [-0.25, -0.2) is 4.79 Å². The SMILES string of the molecule is CC1CN=C(N(Nc2c(Cl)cccc2Cl)C(=O)OCc2ccccc2)S1. The average Bonchev–Trinajstić information content (AvgIpc) is 3.06. The van der Waals surface area contributed by atoms with Gasteiger partial charge in [-0.2, -0.15) is 5.01 Å².